The summed E-state index contributed by atoms with van der Waals surface area (Å²) in [4.78, 5) is 108. The standard InChI is InChI=1S/C16H30N2O2.C14H26N2O3.C14H26N2O2.C13H24N2O2/c1-13(19)7-6-8-15(20)17(5)14-9-11-18(12-10-14)16(2,3)4;1-14(2,3)16-9-7-11(8-10-16)15(4)12(17)5-6-13(18)19;1-12(17)6-5-7-13(18)15-8-10-16(11-9-15)14(2,3)4;1-11(16)5-6-12(17)14-7-9-15(10-8-14)13(2,3)4/h14H,6-12H2,1-5H3;11H,5-10H2,1-4H3,(H,18,19);5-11H2,1-4H3;5-10H2,1-4H3. The van der Waals surface area contributed by atoms with E-state index >= 15 is 0 Å². The molecule has 17 heteroatoms. The molecule has 4 amide bonds. The van der Waals surface area contributed by atoms with Crippen LogP contribution in [0.4, 0.5) is 0 Å². The number of hydrogen-bond donors (Lipinski definition) is 1. The summed E-state index contributed by atoms with van der Waals surface area (Å²) in [6.45, 7) is 42.3. The molecule has 17 nitrogen and oxygen atoms in total. The van der Waals surface area contributed by atoms with Gasteiger partial charge in [-0.2, -0.15) is 0 Å². The van der Waals surface area contributed by atoms with Gasteiger partial charge in [0.05, 0.1) is 6.42 Å². The van der Waals surface area contributed by atoms with Crippen LogP contribution in [0.25, 0.3) is 0 Å². The van der Waals surface area contributed by atoms with Crippen molar-refractivity contribution in [3.8, 4) is 0 Å². The lowest BCUT2D eigenvalue weighted by Gasteiger charge is -2.43. The zero-order chi connectivity index (χ0) is 56.8. The van der Waals surface area contributed by atoms with Gasteiger partial charge >= 0.3 is 5.97 Å². The average Bonchev–Trinajstić information content (AvgIpc) is 3.31. The second-order valence-electron chi connectivity index (χ2n) is 25.1. The summed E-state index contributed by atoms with van der Waals surface area (Å²) < 4.78 is 0. The number of carboxylic acid groups (broad SMARTS) is 1. The molecule has 4 rings (SSSR count). The Labute approximate surface area is 448 Å². The molecule has 0 aromatic heterocycles. The molecule has 0 spiro atoms. The Hall–Kier alpha value is -3.80. The molecule has 74 heavy (non-hydrogen) atoms. The summed E-state index contributed by atoms with van der Waals surface area (Å²) in [6.07, 6.45) is 8.20. The lowest BCUT2D eigenvalue weighted by atomic mass is 9.97. The fourth-order valence-corrected chi connectivity index (χ4v) is 9.65. The Bertz CT molecular complexity index is 1760. The highest BCUT2D eigenvalue weighted by atomic mass is 16.4. The smallest absolute Gasteiger partial charge is 0.303 e. The highest BCUT2D eigenvalue weighted by Crippen LogP contribution is 2.25. The van der Waals surface area contributed by atoms with Crippen LogP contribution in [0.15, 0.2) is 0 Å². The van der Waals surface area contributed by atoms with Gasteiger partial charge in [0.15, 0.2) is 0 Å². The van der Waals surface area contributed by atoms with Gasteiger partial charge in [-0.15, -0.1) is 0 Å². The fraction of sp³-hybridized carbons (Fsp3) is 0.860. The number of aliphatic carboxylic acids is 1. The Morgan fingerprint density at radius 3 is 0.959 bits per heavy atom. The Morgan fingerprint density at radius 1 is 0.378 bits per heavy atom. The summed E-state index contributed by atoms with van der Waals surface area (Å²) >= 11 is 0. The molecule has 4 heterocycles. The summed E-state index contributed by atoms with van der Waals surface area (Å²) in [5.41, 5.74) is 0.754. The van der Waals surface area contributed by atoms with Gasteiger partial charge in [-0.1, -0.05) is 0 Å². The van der Waals surface area contributed by atoms with Crippen molar-refractivity contribution in [1.82, 2.24) is 39.2 Å². The number of carbonyl (C=O) groups is 8. The van der Waals surface area contributed by atoms with Crippen LogP contribution in [-0.4, -0.2) is 218 Å². The minimum atomic E-state index is -0.913. The number of likely N-dealkylation sites (tertiary alicyclic amines) is 2. The van der Waals surface area contributed by atoms with Crippen LogP contribution in [0.3, 0.4) is 0 Å². The van der Waals surface area contributed by atoms with Gasteiger partial charge in [0.1, 0.15) is 17.3 Å². The van der Waals surface area contributed by atoms with E-state index < -0.39 is 5.97 Å². The van der Waals surface area contributed by atoms with Gasteiger partial charge in [0.2, 0.25) is 23.6 Å². The number of piperidine rings is 2. The first kappa shape index (κ1) is 68.2. The van der Waals surface area contributed by atoms with E-state index in [9.17, 15) is 38.4 Å². The topological polar surface area (TPSA) is 183 Å². The Balaban J connectivity index is 0.000000494. The van der Waals surface area contributed by atoms with Crippen LogP contribution >= 0.6 is 0 Å². The molecule has 0 saturated carbocycles. The molecule has 4 aliphatic rings. The highest BCUT2D eigenvalue weighted by Gasteiger charge is 2.33. The predicted molar refractivity (Wildman–Crippen MR) is 296 cm³/mol. The van der Waals surface area contributed by atoms with E-state index in [0.29, 0.717) is 57.4 Å². The minimum Gasteiger partial charge on any atom is -0.481 e. The summed E-state index contributed by atoms with van der Waals surface area (Å²) in [7, 11) is 3.70. The number of rotatable bonds is 16. The van der Waals surface area contributed by atoms with Gasteiger partial charge in [-0.25, -0.2) is 0 Å². The van der Waals surface area contributed by atoms with Gasteiger partial charge in [0.25, 0.3) is 0 Å². The van der Waals surface area contributed by atoms with Crippen molar-refractivity contribution < 1.29 is 43.5 Å². The third-order valence-corrected chi connectivity index (χ3v) is 15.0. The zero-order valence-corrected chi connectivity index (χ0v) is 49.8. The number of carbonyl (C=O) groups excluding carboxylic acids is 7. The van der Waals surface area contributed by atoms with Crippen molar-refractivity contribution >= 4 is 46.9 Å². The number of nitrogens with zero attached hydrogens (tertiary/aromatic N) is 8. The quantitative estimate of drug-likeness (QED) is 0.167. The molecule has 1 N–H and O–H groups in total. The van der Waals surface area contributed by atoms with E-state index in [1.165, 1.54) is 6.92 Å². The second kappa shape index (κ2) is 32.1. The van der Waals surface area contributed by atoms with Crippen LogP contribution in [0.2, 0.25) is 0 Å². The van der Waals surface area contributed by atoms with Crippen molar-refractivity contribution in [3.05, 3.63) is 0 Å². The van der Waals surface area contributed by atoms with Crippen LogP contribution in [0, 0.1) is 0 Å². The van der Waals surface area contributed by atoms with Crippen LogP contribution in [-0.2, 0) is 38.4 Å². The van der Waals surface area contributed by atoms with Gasteiger partial charge in [0, 0.05) is 172 Å². The third-order valence-electron chi connectivity index (χ3n) is 15.0. The van der Waals surface area contributed by atoms with E-state index in [4.69, 9.17) is 5.11 Å². The summed E-state index contributed by atoms with van der Waals surface area (Å²) in [5.74, 6) is -0.0501. The van der Waals surface area contributed by atoms with E-state index in [-0.39, 0.29) is 82.0 Å². The molecule has 4 fully saturated rings. The van der Waals surface area contributed by atoms with Gasteiger partial charge < -0.3 is 39.1 Å². The van der Waals surface area contributed by atoms with E-state index in [2.05, 4.69) is 103 Å². The molecular weight excluding hydrogens is 941 g/mol. The monoisotopic (exact) mass is 1050 g/mol. The molecule has 0 aromatic carbocycles. The number of amides is 4. The summed E-state index contributed by atoms with van der Waals surface area (Å²) in [6, 6.07) is 0.610. The molecule has 0 aromatic rings. The maximum atomic E-state index is 12.1. The Kier molecular flexibility index (Phi) is 29.6. The fourth-order valence-electron chi connectivity index (χ4n) is 9.65. The lowest BCUT2D eigenvalue weighted by Crippen LogP contribution is -2.54. The molecule has 0 radical (unpaired) electrons. The minimum absolute atomic E-state index is 0.0587. The van der Waals surface area contributed by atoms with E-state index in [0.717, 1.165) is 104 Å². The largest absolute Gasteiger partial charge is 0.481 e. The molecular formula is C57H106N8O9. The zero-order valence-electron chi connectivity index (χ0n) is 49.8. The molecule has 0 aliphatic carbocycles. The molecule has 4 aliphatic heterocycles. The van der Waals surface area contributed by atoms with Crippen molar-refractivity contribution in [1.29, 1.82) is 0 Å². The molecule has 0 atom stereocenters. The molecule has 0 unspecified atom stereocenters. The average molecular weight is 1050 g/mol. The Morgan fingerprint density at radius 2 is 0.662 bits per heavy atom. The molecule has 4 saturated heterocycles. The number of carboxylic acids is 1. The summed E-state index contributed by atoms with van der Waals surface area (Å²) in [5, 5.41) is 8.60. The number of piperazine rings is 2. The molecule has 428 valence electrons. The maximum Gasteiger partial charge on any atom is 0.303 e. The predicted octanol–water partition coefficient (Wildman–Crippen LogP) is 7.03. The number of hydrogen-bond acceptors (Lipinski definition) is 12. The first-order valence-corrected chi connectivity index (χ1v) is 27.8. The number of Topliss-reactive ketones (excluding diaryl/α,β-unsaturated/α-hetero) is 3. The van der Waals surface area contributed by atoms with E-state index in [1.54, 1.807) is 25.8 Å². The van der Waals surface area contributed by atoms with Crippen molar-refractivity contribution in [2.75, 3.05) is 92.6 Å². The second-order valence-corrected chi connectivity index (χ2v) is 25.1. The van der Waals surface area contributed by atoms with Crippen molar-refractivity contribution in [2.45, 2.75) is 228 Å². The normalized spacial score (nSPS) is 18.1. The number of ketones is 3. The van der Waals surface area contributed by atoms with Gasteiger partial charge in [-0.3, -0.25) is 43.6 Å². The first-order valence-electron chi connectivity index (χ1n) is 27.8. The van der Waals surface area contributed by atoms with E-state index in [1.807, 2.05) is 21.7 Å². The van der Waals surface area contributed by atoms with Crippen LogP contribution in [0.5, 0.6) is 0 Å². The van der Waals surface area contributed by atoms with Gasteiger partial charge in [-0.05, 0) is 142 Å². The lowest BCUT2D eigenvalue weighted by molar-refractivity contribution is -0.141. The van der Waals surface area contributed by atoms with Crippen LogP contribution < -0.4 is 0 Å². The third kappa shape index (κ3) is 27.3. The van der Waals surface area contributed by atoms with Crippen molar-refractivity contribution in [2.24, 2.45) is 0 Å². The molecule has 0 bridgehead atoms. The first-order chi connectivity index (χ1) is 34.0. The maximum absolute atomic E-state index is 12.1. The van der Waals surface area contributed by atoms with Crippen molar-refractivity contribution in [3.63, 3.8) is 0 Å². The SMILES string of the molecule is CC(=O)CCC(=O)N1CCN(C(C)(C)C)CC1.CC(=O)CCCC(=O)N(C)C1CCN(C(C)(C)C)CC1.CC(=O)CCCC(=O)N1CCN(C(C)(C)C)CC1.CN(C(=O)CCC(=O)O)C1CCN(C(C)(C)C)CC1. The van der Waals surface area contributed by atoms with Crippen LogP contribution in [0.1, 0.15) is 194 Å². The highest BCUT2D eigenvalue weighted by molar-refractivity contribution is 5.84.